The number of hydrogen-bond acceptors (Lipinski definition) is 5. The van der Waals surface area contributed by atoms with Gasteiger partial charge in [-0.05, 0) is 6.07 Å². The molecule has 0 radical (unpaired) electrons. The summed E-state index contributed by atoms with van der Waals surface area (Å²) in [6, 6.07) is 2.96. The lowest BCUT2D eigenvalue weighted by Gasteiger charge is -2.13. The normalized spacial score (nSPS) is 18.7. The van der Waals surface area contributed by atoms with Crippen molar-refractivity contribution in [3.05, 3.63) is 22.7 Å². The van der Waals surface area contributed by atoms with Crippen molar-refractivity contribution in [2.75, 3.05) is 26.1 Å². The number of nitrogens with two attached hydrogens (primary N) is 1. The highest BCUT2D eigenvalue weighted by molar-refractivity contribution is 6.33. The van der Waals surface area contributed by atoms with Gasteiger partial charge in [0.2, 0.25) is 0 Å². The fraction of sp³-hybridized carbons (Fsp3) is 0.417. The molecule has 1 unspecified atom stereocenters. The van der Waals surface area contributed by atoms with E-state index in [1.807, 2.05) is 0 Å². The van der Waals surface area contributed by atoms with Crippen LogP contribution in [-0.4, -0.2) is 32.4 Å². The van der Waals surface area contributed by atoms with E-state index < -0.39 is 5.97 Å². The predicted octanol–water partition coefficient (Wildman–Crippen LogP) is 1.88. The largest absolute Gasteiger partial charge is 0.496 e. The summed E-state index contributed by atoms with van der Waals surface area (Å²) in [4.78, 5) is 12.0. The van der Waals surface area contributed by atoms with E-state index in [0.717, 1.165) is 0 Å². The van der Waals surface area contributed by atoms with Gasteiger partial charge in [0.25, 0.3) is 0 Å². The van der Waals surface area contributed by atoms with Gasteiger partial charge in [-0.1, -0.05) is 11.6 Å². The average molecular weight is 272 g/mol. The summed E-state index contributed by atoms with van der Waals surface area (Å²) < 4.78 is 15.5. The van der Waals surface area contributed by atoms with Crippen molar-refractivity contribution < 1.29 is 19.0 Å². The molecular weight excluding hydrogens is 258 g/mol. The SMILES string of the molecule is COc1cc(N)c(Cl)cc1C(=O)OC1CCOC1. The number of carbonyl (C=O) groups excluding carboxylic acids is 1. The summed E-state index contributed by atoms with van der Waals surface area (Å²) >= 11 is 5.89. The van der Waals surface area contributed by atoms with Gasteiger partial charge in [0.15, 0.2) is 0 Å². The zero-order chi connectivity index (χ0) is 13.1. The maximum absolute atomic E-state index is 12.0. The topological polar surface area (TPSA) is 70.8 Å². The standard InChI is InChI=1S/C12H14ClNO4/c1-16-11-5-10(14)9(13)4-8(11)12(15)18-7-2-3-17-6-7/h4-5,7H,2-3,6,14H2,1H3. The van der Waals surface area contributed by atoms with E-state index in [9.17, 15) is 4.79 Å². The van der Waals surface area contributed by atoms with Crippen molar-refractivity contribution in [2.24, 2.45) is 0 Å². The van der Waals surface area contributed by atoms with E-state index in [2.05, 4.69) is 0 Å². The molecular formula is C12H14ClNO4. The van der Waals surface area contributed by atoms with Gasteiger partial charge in [-0.3, -0.25) is 0 Å². The van der Waals surface area contributed by atoms with Gasteiger partial charge in [-0.25, -0.2) is 4.79 Å². The van der Waals surface area contributed by atoms with Crippen LogP contribution < -0.4 is 10.5 Å². The highest BCUT2D eigenvalue weighted by atomic mass is 35.5. The third kappa shape index (κ3) is 2.68. The minimum absolute atomic E-state index is 0.210. The summed E-state index contributed by atoms with van der Waals surface area (Å²) in [6.07, 6.45) is 0.495. The number of carbonyl (C=O) groups is 1. The molecule has 98 valence electrons. The third-order valence-electron chi connectivity index (χ3n) is 2.70. The molecule has 0 saturated carbocycles. The van der Waals surface area contributed by atoms with E-state index in [1.165, 1.54) is 19.2 Å². The molecule has 1 aromatic carbocycles. The Morgan fingerprint density at radius 1 is 1.56 bits per heavy atom. The van der Waals surface area contributed by atoms with Crippen LogP contribution in [0.2, 0.25) is 5.02 Å². The molecule has 0 aromatic heterocycles. The van der Waals surface area contributed by atoms with Crippen LogP contribution in [0.4, 0.5) is 5.69 Å². The third-order valence-corrected chi connectivity index (χ3v) is 3.03. The summed E-state index contributed by atoms with van der Waals surface area (Å²) in [5.41, 5.74) is 6.27. The molecule has 0 spiro atoms. The molecule has 0 amide bonds. The molecule has 0 aliphatic carbocycles. The number of rotatable bonds is 3. The number of esters is 1. The monoisotopic (exact) mass is 271 g/mol. The molecule has 1 aliphatic rings. The first kappa shape index (κ1) is 13.0. The lowest BCUT2D eigenvalue weighted by Crippen LogP contribution is -2.18. The van der Waals surface area contributed by atoms with Crippen molar-refractivity contribution in [3.63, 3.8) is 0 Å². The lowest BCUT2D eigenvalue weighted by molar-refractivity contribution is 0.0267. The van der Waals surface area contributed by atoms with Gasteiger partial charge in [-0.2, -0.15) is 0 Å². The Morgan fingerprint density at radius 2 is 2.33 bits per heavy atom. The van der Waals surface area contributed by atoms with Crippen LogP contribution in [0.1, 0.15) is 16.8 Å². The number of ether oxygens (including phenoxy) is 3. The van der Waals surface area contributed by atoms with E-state index >= 15 is 0 Å². The number of benzene rings is 1. The number of anilines is 1. The van der Waals surface area contributed by atoms with E-state index in [1.54, 1.807) is 0 Å². The number of halogens is 1. The maximum atomic E-state index is 12.0. The molecule has 0 bridgehead atoms. The number of methoxy groups -OCH3 is 1. The Bertz CT molecular complexity index is 458. The molecule has 2 rings (SSSR count). The van der Waals surface area contributed by atoms with Crippen molar-refractivity contribution in [1.82, 2.24) is 0 Å². The van der Waals surface area contributed by atoms with Crippen LogP contribution in [0.25, 0.3) is 0 Å². The van der Waals surface area contributed by atoms with E-state index in [4.69, 9.17) is 31.5 Å². The minimum atomic E-state index is -0.482. The van der Waals surface area contributed by atoms with E-state index in [-0.39, 0.29) is 11.7 Å². The van der Waals surface area contributed by atoms with Crippen LogP contribution in [-0.2, 0) is 9.47 Å². The van der Waals surface area contributed by atoms with Crippen molar-refractivity contribution >= 4 is 23.3 Å². The zero-order valence-corrected chi connectivity index (χ0v) is 10.7. The lowest BCUT2D eigenvalue weighted by atomic mass is 10.2. The number of nitrogen functional groups attached to an aromatic ring is 1. The van der Waals surface area contributed by atoms with Crippen LogP contribution in [0, 0.1) is 0 Å². The molecule has 1 heterocycles. The minimum Gasteiger partial charge on any atom is -0.496 e. The van der Waals surface area contributed by atoms with Crippen molar-refractivity contribution in [3.8, 4) is 5.75 Å². The fourth-order valence-electron chi connectivity index (χ4n) is 1.72. The summed E-state index contributed by atoms with van der Waals surface area (Å²) in [6.45, 7) is 1.04. The van der Waals surface area contributed by atoms with Crippen molar-refractivity contribution in [2.45, 2.75) is 12.5 Å². The molecule has 5 nitrogen and oxygen atoms in total. The Hall–Kier alpha value is -1.46. The molecule has 18 heavy (non-hydrogen) atoms. The summed E-state index contributed by atoms with van der Waals surface area (Å²) in [7, 11) is 1.46. The van der Waals surface area contributed by atoms with Crippen LogP contribution >= 0.6 is 11.6 Å². The Morgan fingerprint density at radius 3 is 2.94 bits per heavy atom. The Balaban J connectivity index is 2.20. The van der Waals surface area contributed by atoms with Gasteiger partial charge >= 0.3 is 5.97 Å². The zero-order valence-electron chi connectivity index (χ0n) is 9.94. The van der Waals surface area contributed by atoms with Crippen LogP contribution in [0.5, 0.6) is 5.75 Å². The molecule has 1 aromatic rings. The van der Waals surface area contributed by atoms with Gasteiger partial charge < -0.3 is 19.9 Å². The molecule has 1 atom stereocenters. The number of hydrogen-bond donors (Lipinski definition) is 1. The van der Waals surface area contributed by atoms with E-state index in [0.29, 0.717) is 36.1 Å². The Labute approximate surface area is 110 Å². The van der Waals surface area contributed by atoms with Crippen molar-refractivity contribution in [1.29, 1.82) is 0 Å². The maximum Gasteiger partial charge on any atom is 0.342 e. The predicted molar refractivity (Wildman–Crippen MR) is 67.1 cm³/mol. The van der Waals surface area contributed by atoms with Crippen LogP contribution in [0.3, 0.4) is 0 Å². The highest BCUT2D eigenvalue weighted by Crippen LogP contribution is 2.29. The molecule has 1 saturated heterocycles. The van der Waals surface area contributed by atoms with Gasteiger partial charge in [0, 0.05) is 12.5 Å². The first-order valence-corrected chi connectivity index (χ1v) is 5.91. The molecule has 1 aliphatic heterocycles. The first-order valence-electron chi connectivity index (χ1n) is 5.53. The van der Waals surface area contributed by atoms with Gasteiger partial charge in [-0.15, -0.1) is 0 Å². The highest BCUT2D eigenvalue weighted by Gasteiger charge is 2.23. The smallest absolute Gasteiger partial charge is 0.342 e. The van der Waals surface area contributed by atoms with Gasteiger partial charge in [0.05, 0.1) is 31.0 Å². The second-order valence-electron chi connectivity index (χ2n) is 3.96. The quantitative estimate of drug-likeness (QED) is 0.671. The second-order valence-corrected chi connectivity index (χ2v) is 4.37. The fourth-order valence-corrected chi connectivity index (χ4v) is 1.88. The summed E-state index contributed by atoms with van der Waals surface area (Å²) in [5, 5.41) is 0.297. The average Bonchev–Trinajstić information content (AvgIpc) is 2.84. The molecule has 2 N–H and O–H groups in total. The Kier molecular flexibility index (Phi) is 3.93. The molecule has 6 heteroatoms. The first-order chi connectivity index (χ1) is 8.61. The molecule has 1 fully saturated rings. The second kappa shape index (κ2) is 5.46. The summed E-state index contributed by atoms with van der Waals surface area (Å²) in [5.74, 6) is -0.134. The van der Waals surface area contributed by atoms with Crippen LogP contribution in [0.15, 0.2) is 12.1 Å². The van der Waals surface area contributed by atoms with Gasteiger partial charge in [0.1, 0.15) is 17.4 Å².